The maximum Gasteiger partial charge on any atom is 0.271 e. The molecule has 0 aliphatic rings. The fourth-order valence-electron chi connectivity index (χ4n) is 3.59. The Morgan fingerprint density at radius 1 is 0.879 bits per heavy atom. The van der Waals surface area contributed by atoms with Gasteiger partial charge < -0.3 is 10.2 Å². The molecule has 3 rings (SSSR count). The van der Waals surface area contributed by atoms with Crippen LogP contribution < -0.4 is 5.32 Å². The lowest BCUT2D eigenvalue weighted by Crippen LogP contribution is -2.30. The lowest BCUT2D eigenvalue weighted by atomic mass is 10.1. The van der Waals surface area contributed by atoms with Gasteiger partial charge in [0.25, 0.3) is 5.91 Å². The van der Waals surface area contributed by atoms with Crippen molar-refractivity contribution in [3.63, 3.8) is 0 Å². The minimum atomic E-state index is -0.196. The summed E-state index contributed by atoms with van der Waals surface area (Å²) in [5, 5.41) is 5.46. The van der Waals surface area contributed by atoms with E-state index < -0.39 is 0 Å². The summed E-state index contributed by atoms with van der Waals surface area (Å²) >= 11 is 1.42. The zero-order valence-corrected chi connectivity index (χ0v) is 20.2. The highest BCUT2D eigenvalue weighted by Gasteiger charge is 2.18. The second-order valence-electron chi connectivity index (χ2n) is 8.19. The molecule has 1 N–H and O–H groups in total. The predicted octanol–water partition coefficient (Wildman–Crippen LogP) is 5.96. The van der Waals surface area contributed by atoms with Crippen molar-refractivity contribution in [1.29, 1.82) is 0 Å². The van der Waals surface area contributed by atoms with Crippen LogP contribution in [-0.4, -0.2) is 21.7 Å². The molecule has 0 aliphatic carbocycles. The van der Waals surface area contributed by atoms with Gasteiger partial charge in [-0.05, 0) is 17.5 Å². The first-order valence-electron chi connectivity index (χ1n) is 11.7. The molecule has 2 amide bonds. The van der Waals surface area contributed by atoms with Crippen molar-refractivity contribution in [3.8, 4) is 0 Å². The third-order valence-corrected chi connectivity index (χ3v) is 6.30. The molecule has 5 nitrogen and oxygen atoms in total. The lowest BCUT2D eigenvalue weighted by molar-refractivity contribution is -0.132. The molecule has 3 aromatic rings. The molecule has 174 valence electrons. The predicted molar refractivity (Wildman–Crippen MR) is 134 cm³/mol. The van der Waals surface area contributed by atoms with Crippen LogP contribution in [0.4, 0.5) is 0 Å². The summed E-state index contributed by atoms with van der Waals surface area (Å²) < 4.78 is 0. The van der Waals surface area contributed by atoms with Crippen LogP contribution in [0.1, 0.15) is 72.1 Å². The van der Waals surface area contributed by atoms with Gasteiger partial charge in [0.15, 0.2) is 0 Å². The number of amides is 2. The highest BCUT2D eigenvalue weighted by molar-refractivity contribution is 7.09. The van der Waals surface area contributed by atoms with Crippen LogP contribution in [0.25, 0.3) is 0 Å². The van der Waals surface area contributed by atoms with E-state index in [1.165, 1.54) is 30.6 Å². The van der Waals surface area contributed by atoms with Gasteiger partial charge >= 0.3 is 0 Å². The fraction of sp³-hybridized carbons (Fsp3) is 0.370. The molecule has 0 bridgehead atoms. The summed E-state index contributed by atoms with van der Waals surface area (Å²) in [5.41, 5.74) is 2.53. The number of aromatic nitrogens is 1. The number of nitrogens with zero attached hydrogens (tertiary/aromatic N) is 2. The van der Waals surface area contributed by atoms with Crippen molar-refractivity contribution in [3.05, 3.63) is 87.9 Å². The van der Waals surface area contributed by atoms with E-state index in [1.807, 2.05) is 65.6 Å². The summed E-state index contributed by atoms with van der Waals surface area (Å²) in [6.45, 7) is 3.61. The maximum absolute atomic E-state index is 13.0. The van der Waals surface area contributed by atoms with Gasteiger partial charge in [-0.3, -0.25) is 9.59 Å². The van der Waals surface area contributed by atoms with E-state index in [0.29, 0.717) is 31.7 Å². The molecule has 0 aliphatic heterocycles. The van der Waals surface area contributed by atoms with E-state index in [4.69, 9.17) is 0 Å². The minimum absolute atomic E-state index is 0.139. The van der Waals surface area contributed by atoms with Gasteiger partial charge in [-0.15, -0.1) is 11.3 Å². The Balaban J connectivity index is 1.59. The van der Waals surface area contributed by atoms with Gasteiger partial charge in [0.2, 0.25) is 5.91 Å². The van der Waals surface area contributed by atoms with Crippen LogP contribution in [-0.2, 0) is 24.4 Å². The second-order valence-corrected chi connectivity index (χ2v) is 9.14. The normalized spacial score (nSPS) is 10.7. The number of hydrogen-bond donors (Lipinski definition) is 1. The van der Waals surface area contributed by atoms with Gasteiger partial charge in [0, 0.05) is 24.9 Å². The van der Waals surface area contributed by atoms with Crippen molar-refractivity contribution >= 4 is 23.2 Å². The van der Waals surface area contributed by atoms with Crippen molar-refractivity contribution < 1.29 is 9.59 Å². The number of carbonyl (C=O) groups is 2. The van der Waals surface area contributed by atoms with Crippen LogP contribution >= 0.6 is 11.3 Å². The summed E-state index contributed by atoms with van der Waals surface area (Å²) in [7, 11) is 0. The van der Waals surface area contributed by atoms with E-state index in [1.54, 1.807) is 5.38 Å². The van der Waals surface area contributed by atoms with Gasteiger partial charge in [-0.2, -0.15) is 0 Å². The molecule has 0 radical (unpaired) electrons. The number of hydrogen-bond acceptors (Lipinski definition) is 4. The minimum Gasteiger partial charge on any atom is -0.347 e. The van der Waals surface area contributed by atoms with E-state index in [2.05, 4.69) is 17.2 Å². The third kappa shape index (κ3) is 8.46. The average Bonchev–Trinajstić information content (AvgIpc) is 3.32. The Bertz CT molecular complexity index is 989. The van der Waals surface area contributed by atoms with Gasteiger partial charge in [0.05, 0.1) is 6.54 Å². The SMILES string of the molecule is CCCCCCCC(=O)N(Cc1ccccc1)Cc1nc(C(=O)NCc2ccccc2)cs1. The monoisotopic (exact) mass is 463 g/mol. The Morgan fingerprint density at radius 3 is 2.24 bits per heavy atom. The molecule has 2 aromatic carbocycles. The zero-order chi connectivity index (χ0) is 23.3. The number of unbranched alkanes of at least 4 members (excludes halogenated alkanes) is 4. The number of rotatable bonds is 13. The first kappa shape index (κ1) is 24.6. The first-order chi connectivity index (χ1) is 16.2. The van der Waals surface area contributed by atoms with Gasteiger partial charge in [-0.1, -0.05) is 93.3 Å². The summed E-state index contributed by atoms with van der Waals surface area (Å²) in [6.07, 6.45) is 6.13. The van der Waals surface area contributed by atoms with Crippen LogP contribution in [0.3, 0.4) is 0 Å². The van der Waals surface area contributed by atoms with Crippen molar-refractivity contribution in [1.82, 2.24) is 15.2 Å². The van der Waals surface area contributed by atoms with Crippen molar-refractivity contribution in [2.45, 2.75) is 65.1 Å². The topological polar surface area (TPSA) is 62.3 Å². The highest BCUT2D eigenvalue weighted by atomic mass is 32.1. The summed E-state index contributed by atoms with van der Waals surface area (Å²) in [6, 6.07) is 19.8. The molecule has 33 heavy (non-hydrogen) atoms. The second kappa shape index (κ2) is 13.5. The molecule has 0 unspecified atom stereocenters. The number of thiazole rings is 1. The van der Waals surface area contributed by atoms with Crippen molar-refractivity contribution in [2.75, 3.05) is 0 Å². The largest absolute Gasteiger partial charge is 0.347 e. The molecule has 0 saturated carbocycles. The molecule has 6 heteroatoms. The quantitative estimate of drug-likeness (QED) is 0.318. The molecule has 0 atom stereocenters. The average molecular weight is 464 g/mol. The molecular formula is C27H33N3O2S. The van der Waals surface area contributed by atoms with Crippen LogP contribution in [0, 0.1) is 0 Å². The van der Waals surface area contributed by atoms with E-state index in [0.717, 1.165) is 29.0 Å². The Hall–Kier alpha value is -2.99. The Kier molecular flexibility index (Phi) is 10.1. The highest BCUT2D eigenvalue weighted by Crippen LogP contribution is 2.17. The van der Waals surface area contributed by atoms with Gasteiger partial charge in [-0.25, -0.2) is 4.98 Å². The summed E-state index contributed by atoms with van der Waals surface area (Å²) in [4.78, 5) is 31.9. The molecule has 0 fully saturated rings. The first-order valence-corrected chi connectivity index (χ1v) is 12.6. The lowest BCUT2D eigenvalue weighted by Gasteiger charge is -2.22. The van der Waals surface area contributed by atoms with Gasteiger partial charge in [0.1, 0.15) is 10.7 Å². The molecule has 1 aromatic heterocycles. The van der Waals surface area contributed by atoms with Crippen molar-refractivity contribution in [2.24, 2.45) is 0 Å². The van der Waals surface area contributed by atoms with E-state index in [9.17, 15) is 9.59 Å². The maximum atomic E-state index is 13.0. The molecule has 1 heterocycles. The Morgan fingerprint density at radius 2 is 1.55 bits per heavy atom. The number of carbonyl (C=O) groups excluding carboxylic acids is 2. The van der Waals surface area contributed by atoms with Crippen LogP contribution in [0.15, 0.2) is 66.0 Å². The standard InChI is InChI=1S/C27H33N3O2S/c1-2-3-4-5-12-17-26(31)30(19-23-15-10-7-11-16-23)20-25-29-24(21-33-25)27(32)28-18-22-13-8-6-9-14-22/h6-11,13-16,21H,2-5,12,17-20H2,1H3,(H,28,32). The third-order valence-electron chi connectivity index (χ3n) is 5.47. The number of benzene rings is 2. The Labute approximate surface area is 200 Å². The zero-order valence-electron chi connectivity index (χ0n) is 19.3. The molecule has 0 saturated heterocycles. The molecule has 0 spiro atoms. The van der Waals surface area contributed by atoms with E-state index >= 15 is 0 Å². The van der Waals surface area contributed by atoms with Crippen LogP contribution in [0.2, 0.25) is 0 Å². The smallest absolute Gasteiger partial charge is 0.271 e. The molecular weight excluding hydrogens is 430 g/mol. The summed E-state index contributed by atoms with van der Waals surface area (Å²) in [5.74, 6) is -0.0566. The van der Waals surface area contributed by atoms with Crippen LogP contribution in [0.5, 0.6) is 0 Å². The van der Waals surface area contributed by atoms with E-state index in [-0.39, 0.29) is 11.8 Å². The number of nitrogens with one attached hydrogen (secondary N) is 1. The fourth-order valence-corrected chi connectivity index (χ4v) is 4.38.